The number of aromatic nitrogens is 1. The highest BCUT2D eigenvalue weighted by molar-refractivity contribution is 7.17. The molecule has 26 heavy (non-hydrogen) atoms. The van der Waals surface area contributed by atoms with Crippen LogP contribution in [0.1, 0.15) is 54.7 Å². The van der Waals surface area contributed by atoms with E-state index < -0.39 is 0 Å². The molecule has 1 aliphatic rings. The summed E-state index contributed by atoms with van der Waals surface area (Å²) in [5.74, 6) is 0.868. The fraction of sp³-hybridized carbons (Fsp3) is 0.381. The second-order valence-corrected chi connectivity index (χ2v) is 7.72. The van der Waals surface area contributed by atoms with E-state index in [0.29, 0.717) is 19.2 Å². The Balaban J connectivity index is 1.51. The van der Waals surface area contributed by atoms with Gasteiger partial charge in [0.25, 0.3) is 5.91 Å². The summed E-state index contributed by atoms with van der Waals surface area (Å²) in [6, 6.07) is 12.5. The van der Waals surface area contributed by atoms with Crippen molar-refractivity contribution in [3.63, 3.8) is 0 Å². The zero-order valence-electron chi connectivity index (χ0n) is 15.0. The van der Waals surface area contributed by atoms with Gasteiger partial charge in [-0.15, -0.1) is 11.3 Å². The molecule has 4 rings (SSSR count). The lowest BCUT2D eigenvalue weighted by molar-refractivity contribution is 0.0940. The number of rotatable bonds is 6. The molecule has 136 valence electrons. The Kier molecular flexibility index (Phi) is 4.98. The molecule has 1 amide bonds. The molecular formula is C21H24N2O2S. The van der Waals surface area contributed by atoms with Crippen molar-refractivity contribution in [1.82, 2.24) is 9.88 Å². The number of carbonyl (C=O) groups excluding carboxylic acids is 1. The molecule has 1 fully saturated rings. The lowest BCUT2D eigenvalue weighted by atomic mass is 10.2. The van der Waals surface area contributed by atoms with E-state index >= 15 is 0 Å². The summed E-state index contributed by atoms with van der Waals surface area (Å²) in [6.45, 7) is 3.15. The van der Waals surface area contributed by atoms with E-state index in [1.54, 1.807) is 11.3 Å². The van der Waals surface area contributed by atoms with Crippen molar-refractivity contribution in [2.75, 3.05) is 6.61 Å². The van der Waals surface area contributed by atoms with Crippen LogP contribution in [0.5, 0.6) is 5.75 Å². The minimum atomic E-state index is 0.00850. The van der Waals surface area contributed by atoms with Gasteiger partial charge in [-0.3, -0.25) is 4.79 Å². The third-order valence-corrected chi connectivity index (χ3v) is 5.92. The first-order valence-corrected chi connectivity index (χ1v) is 10.2. The number of hydrogen-bond donors (Lipinski definition) is 1. The Hall–Kier alpha value is -2.27. The molecule has 1 saturated carbocycles. The van der Waals surface area contributed by atoms with Crippen LogP contribution in [-0.2, 0) is 6.54 Å². The van der Waals surface area contributed by atoms with Crippen molar-refractivity contribution < 1.29 is 9.53 Å². The van der Waals surface area contributed by atoms with Gasteiger partial charge < -0.3 is 14.6 Å². The SMILES string of the molecule is CCOc1ccc(CNC(=O)c2cc3sccc3n2C2CCCC2)cc1. The summed E-state index contributed by atoms with van der Waals surface area (Å²) >= 11 is 1.70. The lowest BCUT2D eigenvalue weighted by Gasteiger charge is -2.17. The van der Waals surface area contributed by atoms with E-state index in [1.165, 1.54) is 35.9 Å². The van der Waals surface area contributed by atoms with Gasteiger partial charge in [0.1, 0.15) is 11.4 Å². The number of amides is 1. The number of benzene rings is 1. The number of ether oxygens (including phenoxy) is 1. The van der Waals surface area contributed by atoms with E-state index in [1.807, 2.05) is 37.3 Å². The molecule has 1 N–H and O–H groups in total. The molecule has 0 unspecified atom stereocenters. The van der Waals surface area contributed by atoms with Crippen LogP contribution >= 0.6 is 11.3 Å². The Morgan fingerprint density at radius 1 is 1.23 bits per heavy atom. The number of thiophene rings is 1. The van der Waals surface area contributed by atoms with Gasteiger partial charge in [-0.1, -0.05) is 25.0 Å². The van der Waals surface area contributed by atoms with Crippen LogP contribution in [0.2, 0.25) is 0 Å². The average molecular weight is 369 g/mol. The third kappa shape index (κ3) is 3.36. The second-order valence-electron chi connectivity index (χ2n) is 6.77. The Bertz CT molecular complexity index is 889. The highest BCUT2D eigenvalue weighted by Gasteiger charge is 2.24. The molecule has 0 saturated heterocycles. The van der Waals surface area contributed by atoms with Crippen LogP contribution < -0.4 is 10.1 Å². The number of nitrogens with one attached hydrogen (secondary N) is 1. The smallest absolute Gasteiger partial charge is 0.268 e. The fourth-order valence-electron chi connectivity index (χ4n) is 3.82. The molecule has 1 aromatic carbocycles. The van der Waals surface area contributed by atoms with Crippen LogP contribution in [0.3, 0.4) is 0 Å². The van der Waals surface area contributed by atoms with Crippen molar-refractivity contribution in [2.45, 2.75) is 45.2 Å². The maximum atomic E-state index is 12.9. The van der Waals surface area contributed by atoms with Crippen LogP contribution in [0, 0.1) is 0 Å². The van der Waals surface area contributed by atoms with Crippen LogP contribution in [0.15, 0.2) is 41.8 Å². The third-order valence-electron chi connectivity index (χ3n) is 5.07. The van der Waals surface area contributed by atoms with Crippen LogP contribution in [0.4, 0.5) is 0 Å². The summed E-state index contributed by atoms with van der Waals surface area (Å²) in [5.41, 5.74) is 3.07. The van der Waals surface area contributed by atoms with E-state index in [0.717, 1.165) is 17.0 Å². The minimum Gasteiger partial charge on any atom is -0.494 e. The summed E-state index contributed by atoms with van der Waals surface area (Å²) in [7, 11) is 0. The van der Waals surface area contributed by atoms with E-state index in [4.69, 9.17) is 4.74 Å². The molecule has 0 bridgehead atoms. The fourth-order valence-corrected chi connectivity index (χ4v) is 4.63. The summed E-state index contributed by atoms with van der Waals surface area (Å²) < 4.78 is 8.93. The molecule has 4 nitrogen and oxygen atoms in total. The highest BCUT2D eigenvalue weighted by atomic mass is 32.1. The van der Waals surface area contributed by atoms with Crippen molar-refractivity contribution in [1.29, 1.82) is 0 Å². The molecule has 0 atom stereocenters. The van der Waals surface area contributed by atoms with Gasteiger partial charge in [-0.2, -0.15) is 0 Å². The number of nitrogens with zero attached hydrogens (tertiary/aromatic N) is 1. The predicted molar refractivity (Wildman–Crippen MR) is 106 cm³/mol. The van der Waals surface area contributed by atoms with E-state index in [-0.39, 0.29) is 5.91 Å². The molecule has 1 aliphatic carbocycles. The largest absolute Gasteiger partial charge is 0.494 e. The monoisotopic (exact) mass is 368 g/mol. The molecule has 5 heteroatoms. The summed E-state index contributed by atoms with van der Waals surface area (Å²) in [6.07, 6.45) is 4.83. The number of hydrogen-bond acceptors (Lipinski definition) is 3. The number of carbonyl (C=O) groups is 1. The first-order chi connectivity index (χ1) is 12.8. The van der Waals surface area contributed by atoms with Crippen LogP contribution in [-0.4, -0.2) is 17.1 Å². The normalized spacial score (nSPS) is 14.8. The Labute approximate surface area is 157 Å². The topological polar surface area (TPSA) is 43.3 Å². The first-order valence-electron chi connectivity index (χ1n) is 9.34. The molecule has 2 aromatic heterocycles. The van der Waals surface area contributed by atoms with Crippen molar-refractivity contribution in [3.05, 3.63) is 53.0 Å². The van der Waals surface area contributed by atoms with Crippen LogP contribution in [0.25, 0.3) is 10.2 Å². The highest BCUT2D eigenvalue weighted by Crippen LogP contribution is 2.36. The zero-order valence-corrected chi connectivity index (χ0v) is 15.8. The van der Waals surface area contributed by atoms with Crippen molar-refractivity contribution in [2.24, 2.45) is 0 Å². The maximum absolute atomic E-state index is 12.9. The molecule has 0 radical (unpaired) electrons. The summed E-state index contributed by atoms with van der Waals surface area (Å²) in [5, 5.41) is 5.19. The quantitative estimate of drug-likeness (QED) is 0.654. The lowest BCUT2D eigenvalue weighted by Crippen LogP contribution is -2.26. The standard InChI is InChI=1S/C21H24N2O2S/c1-2-25-17-9-7-15(8-10-17)14-22-21(24)19-13-20-18(11-12-26-20)23(19)16-5-3-4-6-16/h7-13,16H,2-6,14H2,1H3,(H,22,24). The predicted octanol–water partition coefficient (Wildman–Crippen LogP) is 5.15. The zero-order chi connectivity index (χ0) is 17.9. The second kappa shape index (κ2) is 7.54. The van der Waals surface area contributed by atoms with Gasteiger partial charge in [-0.25, -0.2) is 0 Å². The van der Waals surface area contributed by atoms with Gasteiger partial charge in [0, 0.05) is 12.6 Å². The van der Waals surface area contributed by atoms with Gasteiger partial charge in [0.15, 0.2) is 0 Å². The van der Waals surface area contributed by atoms with E-state index in [9.17, 15) is 4.79 Å². The van der Waals surface area contributed by atoms with Gasteiger partial charge in [0.05, 0.1) is 16.8 Å². The van der Waals surface area contributed by atoms with Gasteiger partial charge in [0.2, 0.25) is 0 Å². The maximum Gasteiger partial charge on any atom is 0.268 e. The van der Waals surface area contributed by atoms with Crippen molar-refractivity contribution in [3.8, 4) is 5.75 Å². The Morgan fingerprint density at radius 3 is 2.73 bits per heavy atom. The van der Waals surface area contributed by atoms with Gasteiger partial charge >= 0.3 is 0 Å². The number of fused-ring (bicyclic) bond motifs is 1. The molecular weight excluding hydrogens is 344 g/mol. The molecule has 0 aliphatic heterocycles. The molecule has 0 spiro atoms. The summed E-state index contributed by atoms with van der Waals surface area (Å²) in [4.78, 5) is 12.9. The van der Waals surface area contributed by atoms with Gasteiger partial charge in [-0.05, 0) is 55.0 Å². The van der Waals surface area contributed by atoms with E-state index in [2.05, 4.69) is 21.3 Å². The minimum absolute atomic E-state index is 0.00850. The Morgan fingerprint density at radius 2 is 2.00 bits per heavy atom. The average Bonchev–Trinajstić information content (AvgIpc) is 3.37. The molecule has 3 aromatic rings. The first kappa shape index (κ1) is 17.2. The molecule has 2 heterocycles. The van der Waals surface area contributed by atoms with Crippen molar-refractivity contribution >= 4 is 27.5 Å².